The van der Waals surface area contributed by atoms with E-state index in [0.29, 0.717) is 64.5 Å². The smallest absolute Gasteiger partial charge is 0.256 e. The van der Waals surface area contributed by atoms with E-state index < -0.39 is 0 Å². The number of nitrogens with zero attached hydrogens (tertiary/aromatic N) is 9. The van der Waals surface area contributed by atoms with Crippen LogP contribution in [-0.4, -0.2) is 69.9 Å². The third-order valence-electron chi connectivity index (χ3n) is 6.46. The van der Waals surface area contributed by atoms with Crippen molar-refractivity contribution >= 4 is 23.1 Å². The van der Waals surface area contributed by atoms with Crippen LogP contribution in [0.3, 0.4) is 0 Å². The molecule has 1 aliphatic rings. The number of carbonyl (C=O) groups is 1. The van der Waals surface area contributed by atoms with Gasteiger partial charge in [0.25, 0.3) is 5.91 Å². The number of ether oxygens (including phenoxy) is 1. The molecule has 6 heterocycles. The molecule has 0 radical (unpaired) electrons. The van der Waals surface area contributed by atoms with E-state index in [4.69, 9.17) is 14.8 Å². The summed E-state index contributed by atoms with van der Waals surface area (Å²) in [4.78, 5) is 29.5. The molecule has 12 heteroatoms. The third kappa shape index (κ3) is 4.05. The van der Waals surface area contributed by atoms with Crippen molar-refractivity contribution in [3.05, 3.63) is 54.7 Å². The fraction of sp³-hybridized carbons (Fsp3) is 0.280. The van der Waals surface area contributed by atoms with Crippen molar-refractivity contribution in [3.63, 3.8) is 0 Å². The Morgan fingerprint density at radius 2 is 1.89 bits per heavy atom. The fourth-order valence-corrected chi connectivity index (χ4v) is 4.62. The molecule has 188 valence electrons. The first kappa shape index (κ1) is 22.7. The number of nitrogens with one attached hydrogen (secondary N) is 1. The van der Waals surface area contributed by atoms with E-state index in [0.717, 1.165) is 12.8 Å². The van der Waals surface area contributed by atoms with Gasteiger partial charge >= 0.3 is 0 Å². The minimum atomic E-state index is -0.0735. The van der Waals surface area contributed by atoms with Gasteiger partial charge in [-0.15, -0.1) is 5.10 Å². The highest BCUT2D eigenvalue weighted by molar-refractivity contribution is 6.09. The van der Waals surface area contributed by atoms with Gasteiger partial charge in [0.2, 0.25) is 5.82 Å². The van der Waals surface area contributed by atoms with Crippen molar-refractivity contribution < 1.29 is 9.53 Å². The van der Waals surface area contributed by atoms with Gasteiger partial charge < -0.3 is 19.5 Å². The Morgan fingerprint density at radius 1 is 1.05 bits per heavy atom. The molecule has 6 rings (SSSR count). The maximum Gasteiger partial charge on any atom is 0.256 e. The number of aryl methyl sites for hydroxylation is 2. The first-order valence-electron chi connectivity index (χ1n) is 12.0. The average molecular weight is 499 g/mol. The number of aromatic nitrogens is 8. The number of pyridine rings is 1. The zero-order chi connectivity index (χ0) is 25.5. The summed E-state index contributed by atoms with van der Waals surface area (Å²) >= 11 is 0. The van der Waals surface area contributed by atoms with Crippen LogP contribution in [0.2, 0.25) is 0 Å². The Morgan fingerprint density at radius 3 is 2.59 bits per heavy atom. The normalized spacial score (nSPS) is 13.4. The second kappa shape index (κ2) is 9.04. The minimum absolute atomic E-state index is 0.0735. The second-order valence-electron chi connectivity index (χ2n) is 8.94. The van der Waals surface area contributed by atoms with Gasteiger partial charge in [-0.05, 0) is 25.0 Å². The number of hydrogen-bond acceptors (Lipinski definition) is 8. The zero-order valence-corrected chi connectivity index (χ0v) is 20.8. The molecule has 0 aromatic carbocycles. The molecule has 1 aliphatic heterocycles. The first-order chi connectivity index (χ1) is 18.0. The number of rotatable bonds is 6. The lowest BCUT2D eigenvalue weighted by Crippen LogP contribution is -2.28. The third-order valence-corrected chi connectivity index (χ3v) is 6.46. The van der Waals surface area contributed by atoms with Gasteiger partial charge in [0, 0.05) is 69.8 Å². The average Bonchev–Trinajstić information content (AvgIpc) is 3.70. The number of imidazole rings is 1. The number of amides is 1. The van der Waals surface area contributed by atoms with Crippen LogP contribution in [-0.2, 0) is 14.1 Å². The molecule has 37 heavy (non-hydrogen) atoms. The summed E-state index contributed by atoms with van der Waals surface area (Å²) in [6.07, 6.45) is 10.8. The molecule has 0 saturated carbocycles. The Kier molecular flexibility index (Phi) is 5.55. The van der Waals surface area contributed by atoms with Gasteiger partial charge in [0.1, 0.15) is 17.1 Å². The van der Waals surface area contributed by atoms with Crippen molar-refractivity contribution in [2.45, 2.75) is 12.8 Å². The Balaban J connectivity index is 1.61. The summed E-state index contributed by atoms with van der Waals surface area (Å²) in [7, 11) is 5.33. The summed E-state index contributed by atoms with van der Waals surface area (Å²) in [6.45, 7) is 1.43. The Labute approximate surface area is 212 Å². The number of methoxy groups -OCH3 is 1. The molecule has 0 spiro atoms. The maximum atomic E-state index is 13.9. The number of anilines is 2. The highest BCUT2D eigenvalue weighted by atomic mass is 16.5. The van der Waals surface area contributed by atoms with E-state index in [9.17, 15) is 4.79 Å². The largest absolute Gasteiger partial charge is 0.497 e. The van der Waals surface area contributed by atoms with Crippen molar-refractivity contribution in [1.82, 2.24) is 43.8 Å². The summed E-state index contributed by atoms with van der Waals surface area (Å²) in [5.41, 5.74) is 2.41. The molecule has 0 bridgehead atoms. The van der Waals surface area contributed by atoms with E-state index in [1.165, 1.54) is 0 Å². The van der Waals surface area contributed by atoms with Gasteiger partial charge in [0.05, 0.1) is 18.4 Å². The highest BCUT2D eigenvalue weighted by Gasteiger charge is 2.30. The lowest BCUT2D eigenvalue weighted by Gasteiger charge is -2.17. The second-order valence-corrected chi connectivity index (χ2v) is 8.94. The van der Waals surface area contributed by atoms with E-state index in [1.807, 2.05) is 48.2 Å². The number of hydrogen-bond donors (Lipinski definition) is 1. The van der Waals surface area contributed by atoms with Crippen LogP contribution in [0.4, 0.5) is 11.6 Å². The lowest BCUT2D eigenvalue weighted by molar-refractivity contribution is 0.0795. The van der Waals surface area contributed by atoms with Crippen molar-refractivity contribution in [2.75, 3.05) is 25.5 Å². The molecule has 0 aliphatic carbocycles. The predicted octanol–water partition coefficient (Wildman–Crippen LogP) is 2.91. The highest BCUT2D eigenvalue weighted by Crippen LogP contribution is 2.34. The summed E-state index contributed by atoms with van der Waals surface area (Å²) < 4.78 is 10.6. The topological polar surface area (TPSA) is 120 Å². The van der Waals surface area contributed by atoms with E-state index in [-0.39, 0.29) is 5.91 Å². The molecule has 1 saturated heterocycles. The monoisotopic (exact) mass is 498 g/mol. The van der Waals surface area contributed by atoms with Crippen LogP contribution in [0.1, 0.15) is 23.2 Å². The summed E-state index contributed by atoms with van der Waals surface area (Å²) in [6, 6.07) is 5.42. The fourth-order valence-electron chi connectivity index (χ4n) is 4.62. The van der Waals surface area contributed by atoms with Gasteiger partial charge in [-0.2, -0.15) is 5.10 Å². The Hall–Kier alpha value is -4.74. The van der Waals surface area contributed by atoms with Crippen LogP contribution in [0.25, 0.3) is 28.4 Å². The minimum Gasteiger partial charge on any atom is -0.497 e. The van der Waals surface area contributed by atoms with Crippen LogP contribution in [0.5, 0.6) is 5.75 Å². The molecule has 1 N–H and O–H groups in total. The molecule has 1 amide bonds. The lowest BCUT2D eigenvalue weighted by atomic mass is 10.1. The maximum absolute atomic E-state index is 13.9. The molecule has 5 aromatic rings. The number of carbonyl (C=O) groups excluding carboxylic acids is 1. The van der Waals surface area contributed by atoms with E-state index >= 15 is 0 Å². The van der Waals surface area contributed by atoms with Crippen LogP contribution in [0, 0.1) is 0 Å². The zero-order valence-electron chi connectivity index (χ0n) is 20.8. The van der Waals surface area contributed by atoms with Gasteiger partial charge in [-0.1, -0.05) is 0 Å². The molecular formula is C25H26N10O2. The van der Waals surface area contributed by atoms with Crippen molar-refractivity contribution in [2.24, 2.45) is 14.1 Å². The SMILES string of the molecule is COc1ccnc(Nc2nc(-c3nccn3C)nn3cc(-c4ccn(C)n4)c(C(=O)N4CCCC4)c23)c1. The molecule has 12 nitrogen and oxygen atoms in total. The first-order valence-corrected chi connectivity index (χ1v) is 12.0. The summed E-state index contributed by atoms with van der Waals surface area (Å²) in [5, 5.41) is 12.7. The molecule has 5 aromatic heterocycles. The van der Waals surface area contributed by atoms with Crippen molar-refractivity contribution in [1.29, 1.82) is 0 Å². The molecule has 0 atom stereocenters. The summed E-state index contributed by atoms with van der Waals surface area (Å²) in [5.74, 6) is 2.50. The van der Waals surface area contributed by atoms with Crippen molar-refractivity contribution in [3.8, 4) is 28.7 Å². The quantitative estimate of drug-likeness (QED) is 0.379. The standard InChI is InChI=1S/C25H26N10O2/c1-32-13-9-27-24(32)23-29-22(28-19-14-16(37-3)6-8-26-19)21-20(25(36)34-10-4-5-11-34)17(15-35(21)31-23)18-7-12-33(2)30-18/h6-9,12-15H,4-5,10-11H2,1-3H3,(H,26,28,29,31). The van der Waals surface area contributed by atoms with E-state index in [2.05, 4.69) is 20.4 Å². The molecule has 1 fully saturated rings. The molecular weight excluding hydrogens is 472 g/mol. The predicted molar refractivity (Wildman–Crippen MR) is 137 cm³/mol. The molecule has 0 unspecified atom stereocenters. The Bertz CT molecular complexity index is 1610. The van der Waals surface area contributed by atoms with Crippen LogP contribution >= 0.6 is 0 Å². The van der Waals surface area contributed by atoms with Crippen LogP contribution in [0.15, 0.2) is 49.2 Å². The van der Waals surface area contributed by atoms with Gasteiger partial charge in [-0.25, -0.2) is 19.5 Å². The van der Waals surface area contributed by atoms with Gasteiger partial charge in [-0.3, -0.25) is 9.48 Å². The van der Waals surface area contributed by atoms with E-state index in [1.54, 1.807) is 40.8 Å². The number of fused-ring (bicyclic) bond motifs is 1. The van der Waals surface area contributed by atoms with Crippen LogP contribution < -0.4 is 10.1 Å². The van der Waals surface area contributed by atoms with Gasteiger partial charge in [0.15, 0.2) is 11.6 Å². The number of likely N-dealkylation sites (tertiary alicyclic amines) is 1.